The number of benzene rings is 1. The molecular weight excluding hydrogens is 423 g/mol. The summed E-state index contributed by atoms with van der Waals surface area (Å²) in [5.41, 5.74) is 0.987. The van der Waals surface area contributed by atoms with Crippen molar-refractivity contribution in [1.82, 2.24) is 14.2 Å². The highest BCUT2D eigenvalue weighted by Gasteiger charge is 2.35. The van der Waals surface area contributed by atoms with Crippen molar-refractivity contribution < 1.29 is 19.3 Å². The molecule has 1 fully saturated rings. The SMILES string of the molecule is O=c1c(F)cn([C@H]2C[C@H](O)[C@@H](CO)O2)c(=O)n1NC(=S)c1nc2ccccc2s1. The van der Waals surface area contributed by atoms with Crippen LogP contribution in [-0.4, -0.2) is 48.2 Å². The maximum atomic E-state index is 14.2. The number of rotatable bonds is 4. The third-order valence-electron chi connectivity index (χ3n) is 4.47. The molecule has 1 aliphatic heterocycles. The quantitative estimate of drug-likeness (QED) is 0.499. The van der Waals surface area contributed by atoms with Crippen LogP contribution in [0.25, 0.3) is 10.2 Å². The Morgan fingerprint density at radius 2 is 2.17 bits per heavy atom. The second-order valence-corrected chi connectivity index (χ2v) is 7.79. The summed E-state index contributed by atoms with van der Waals surface area (Å²) in [6.45, 7) is -0.464. The van der Waals surface area contributed by atoms with Crippen LogP contribution >= 0.6 is 23.6 Å². The van der Waals surface area contributed by atoms with Gasteiger partial charge in [-0.3, -0.25) is 14.8 Å². The fourth-order valence-corrected chi connectivity index (χ4v) is 4.13. The number of ether oxygens (including phenoxy) is 1. The number of nitrogens with zero attached hydrogens (tertiary/aromatic N) is 3. The van der Waals surface area contributed by atoms with E-state index < -0.39 is 42.1 Å². The molecule has 1 aromatic carbocycles. The minimum atomic E-state index is -1.22. The number of fused-ring (bicyclic) bond motifs is 1. The number of hydrogen-bond acceptors (Lipinski definition) is 8. The normalized spacial score (nSPS) is 21.6. The van der Waals surface area contributed by atoms with Crippen molar-refractivity contribution in [2.45, 2.75) is 24.9 Å². The lowest BCUT2D eigenvalue weighted by Crippen LogP contribution is -2.48. The van der Waals surface area contributed by atoms with Gasteiger partial charge in [0.1, 0.15) is 12.3 Å². The second kappa shape index (κ2) is 7.72. The summed E-state index contributed by atoms with van der Waals surface area (Å²) in [5, 5.41) is 19.4. The molecule has 0 unspecified atom stereocenters. The molecule has 4 rings (SSSR count). The van der Waals surface area contributed by atoms with Gasteiger partial charge in [0.25, 0.3) is 0 Å². The summed E-state index contributed by atoms with van der Waals surface area (Å²) in [4.78, 5) is 29.3. The van der Waals surface area contributed by atoms with E-state index in [0.717, 1.165) is 9.27 Å². The summed E-state index contributed by atoms with van der Waals surface area (Å²) >= 11 is 6.50. The van der Waals surface area contributed by atoms with Crippen molar-refractivity contribution in [3.63, 3.8) is 0 Å². The van der Waals surface area contributed by atoms with Crippen LogP contribution in [0.3, 0.4) is 0 Å². The number of para-hydroxylation sites is 1. The van der Waals surface area contributed by atoms with E-state index in [1.54, 1.807) is 6.07 Å². The summed E-state index contributed by atoms with van der Waals surface area (Å²) in [5.74, 6) is -1.21. The van der Waals surface area contributed by atoms with Gasteiger partial charge in [-0.15, -0.1) is 11.3 Å². The average molecular weight is 438 g/mol. The fourth-order valence-electron chi connectivity index (χ4n) is 3.02. The Morgan fingerprint density at radius 1 is 1.41 bits per heavy atom. The molecule has 3 aromatic rings. The van der Waals surface area contributed by atoms with E-state index in [9.17, 15) is 24.2 Å². The van der Waals surface area contributed by atoms with Crippen molar-refractivity contribution in [3.8, 4) is 0 Å². The fraction of sp³-hybridized carbons (Fsp3) is 0.294. The molecular formula is C17H15FN4O5S2. The lowest BCUT2D eigenvalue weighted by molar-refractivity contribution is -0.0465. The highest BCUT2D eigenvalue weighted by atomic mass is 32.1. The molecule has 0 aliphatic carbocycles. The molecule has 0 saturated carbocycles. The zero-order valence-corrected chi connectivity index (χ0v) is 16.3. The van der Waals surface area contributed by atoms with Crippen LogP contribution in [-0.2, 0) is 4.74 Å². The molecule has 12 heteroatoms. The van der Waals surface area contributed by atoms with Gasteiger partial charge in [0.2, 0.25) is 5.82 Å². The molecule has 1 aliphatic rings. The monoisotopic (exact) mass is 438 g/mol. The maximum Gasteiger partial charge on any atom is 0.352 e. The van der Waals surface area contributed by atoms with Crippen LogP contribution in [0.2, 0.25) is 0 Å². The Labute approximate surface area is 171 Å². The van der Waals surface area contributed by atoms with Crippen LogP contribution in [0.5, 0.6) is 0 Å². The first-order chi connectivity index (χ1) is 13.9. The van der Waals surface area contributed by atoms with Gasteiger partial charge in [-0.2, -0.15) is 9.07 Å². The highest BCUT2D eigenvalue weighted by Crippen LogP contribution is 2.27. The average Bonchev–Trinajstić information content (AvgIpc) is 3.31. The van der Waals surface area contributed by atoms with E-state index in [2.05, 4.69) is 10.4 Å². The van der Waals surface area contributed by atoms with Crippen LogP contribution < -0.4 is 16.7 Å². The highest BCUT2D eigenvalue weighted by molar-refractivity contribution is 7.81. The Kier molecular flexibility index (Phi) is 5.27. The Morgan fingerprint density at radius 3 is 2.86 bits per heavy atom. The van der Waals surface area contributed by atoms with Crippen molar-refractivity contribution in [2.24, 2.45) is 0 Å². The molecule has 152 valence electrons. The first-order valence-corrected chi connectivity index (χ1v) is 9.76. The first kappa shape index (κ1) is 19.8. The van der Waals surface area contributed by atoms with E-state index in [-0.39, 0.29) is 11.4 Å². The van der Waals surface area contributed by atoms with Crippen LogP contribution in [0.4, 0.5) is 4.39 Å². The van der Waals surface area contributed by atoms with E-state index in [0.29, 0.717) is 21.4 Å². The van der Waals surface area contributed by atoms with Gasteiger partial charge < -0.3 is 14.9 Å². The second-order valence-electron chi connectivity index (χ2n) is 6.35. The molecule has 2 aromatic heterocycles. The molecule has 1 saturated heterocycles. The Hall–Kier alpha value is -2.51. The number of hydrogen-bond donors (Lipinski definition) is 3. The topological polar surface area (TPSA) is 119 Å². The van der Waals surface area contributed by atoms with Crippen LogP contribution in [0.15, 0.2) is 40.1 Å². The summed E-state index contributed by atoms with van der Waals surface area (Å²) in [7, 11) is 0. The third-order valence-corrected chi connectivity index (χ3v) is 5.94. The van der Waals surface area contributed by atoms with Crippen molar-refractivity contribution in [2.75, 3.05) is 12.0 Å². The smallest absolute Gasteiger partial charge is 0.352 e. The van der Waals surface area contributed by atoms with E-state index in [1.807, 2.05) is 18.2 Å². The molecule has 3 heterocycles. The lowest BCUT2D eigenvalue weighted by Gasteiger charge is -2.17. The largest absolute Gasteiger partial charge is 0.394 e. The van der Waals surface area contributed by atoms with Gasteiger partial charge >= 0.3 is 11.2 Å². The van der Waals surface area contributed by atoms with Crippen molar-refractivity contribution >= 4 is 38.8 Å². The summed E-state index contributed by atoms with van der Waals surface area (Å²) in [6, 6.07) is 7.29. The molecule has 29 heavy (non-hydrogen) atoms. The molecule has 9 nitrogen and oxygen atoms in total. The van der Waals surface area contributed by atoms with Crippen molar-refractivity contribution in [3.05, 3.63) is 62.1 Å². The summed E-state index contributed by atoms with van der Waals surface area (Å²) in [6.07, 6.45) is -2.33. The lowest BCUT2D eigenvalue weighted by atomic mass is 10.2. The number of aliphatic hydroxyl groups excluding tert-OH is 2. The zero-order chi connectivity index (χ0) is 20.7. The number of aromatic nitrogens is 3. The standard InChI is InChI=1S/C17H15FN4O5S2/c18-8-6-21(13-5-10(24)11(7-23)27-13)17(26)22(16(8)25)20-14(28)15-19-9-3-1-2-4-12(9)29-15/h1-4,6,10-11,13,23-24H,5,7H2,(H,20,28)/t10-,11+,13+/m0/s1. The minimum absolute atomic E-state index is 0.0249. The molecule has 0 bridgehead atoms. The predicted octanol–water partition coefficient (Wildman–Crippen LogP) is 0.319. The predicted molar refractivity (Wildman–Crippen MR) is 107 cm³/mol. The zero-order valence-electron chi connectivity index (χ0n) is 14.7. The Bertz CT molecular complexity index is 1170. The molecule has 3 atom stereocenters. The van der Waals surface area contributed by atoms with Crippen LogP contribution in [0, 0.1) is 5.82 Å². The van der Waals surface area contributed by atoms with Gasteiger partial charge in [-0.25, -0.2) is 9.78 Å². The van der Waals surface area contributed by atoms with Gasteiger partial charge in [-0.05, 0) is 12.1 Å². The van der Waals surface area contributed by atoms with E-state index in [1.165, 1.54) is 11.3 Å². The number of halogens is 1. The van der Waals surface area contributed by atoms with Crippen molar-refractivity contribution in [1.29, 1.82) is 0 Å². The molecule has 0 amide bonds. The van der Waals surface area contributed by atoms with E-state index >= 15 is 0 Å². The first-order valence-electron chi connectivity index (χ1n) is 8.54. The van der Waals surface area contributed by atoms with Gasteiger partial charge in [0.05, 0.1) is 29.1 Å². The third kappa shape index (κ3) is 3.60. The van der Waals surface area contributed by atoms with Gasteiger partial charge in [0, 0.05) is 6.42 Å². The van der Waals surface area contributed by atoms with E-state index in [4.69, 9.17) is 17.0 Å². The summed E-state index contributed by atoms with van der Waals surface area (Å²) < 4.78 is 21.7. The molecule has 0 radical (unpaired) electrons. The molecule has 3 N–H and O–H groups in total. The number of nitrogens with one attached hydrogen (secondary N) is 1. The minimum Gasteiger partial charge on any atom is -0.394 e. The number of thiazole rings is 1. The molecule has 0 spiro atoms. The van der Waals surface area contributed by atoms with Crippen LogP contribution in [0.1, 0.15) is 17.7 Å². The van der Waals surface area contributed by atoms with Gasteiger partial charge in [-0.1, -0.05) is 24.4 Å². The Balaban J connectivity index is 1.68. The maximum absolute atomic E-state index is 14.2. The number of aliphatic hydroxyl groups is 2. The van der Waals surface area contributed by atoms with Gasteiger partial charge in [0.15, 0.2) is 10.00 Å². The number of thiocarbonyl (C=S) groups is 1.